The topological polar surface area (TPSA) is 26.0 Å². The Morgan fingerprint density at radius 2 is 1.80 bits per heavy atom. The Morgan fingerprint density at radius 3 is 2.40 bits per heavy atom. The zero-order valence-electron chi connectivity index (χ0n) is 12.2. The van der Waals surface area contributed by atoms with Crippen molar-refractivity contribution in [3.8, 4) is 11.1 Å². The van der Waals surface area contributed by atoms with Crippen molar-refractivity contribution in [2.24, 2.45) is 5.73 Å². The molecular formula is C19H23N. The largest absolute Gasteiger partial charge is 0.324 e. The molecule has 1 fully saturated rings. The zero-order valence-corrected chi connectivity index (χ0v) is 12.2. The first-order valence-corrected chi connectivity index (χ1v) is 7.74. The van der Waals surface area contributed by atoms with Crippen LogP contribution in [0, 0.1) is 0 Å². The Bertz CT molecular complexity index is 567. The molecule has 1 atom stereocenters. The van der Waals surface area contributed by atoms with Gasteiger partial charge in [0.15, 0.2) is 0 Å². The van der Waals surface area contributed by atoms with Crippen LogP contribution in [0.25, 0.3) is 11.1 Å². The molecule has 0 spiro atoms. The highest BCUT2D eigenvalue weighted by molar-refractivity contribution is 5.64. The Kier molecular flexibility index (Phi) is 3.88. The van der Waals surface area contributed by atoms with Gasteiger partial charge in [0.25, 0.3) is 0 Å². The minimum atomic E-state index is 0.158. The quantitative estimate of drug-likeness (QED) is 0.824. The van der Waals surface area contributed by atoms with Gasteiger partial charge in [-0.25, -0.2) is 0 Å². The van der Waals surface area contributed by atoms with E-state index in [1.54, 1.807) is 0 Å². The maximum atomic E-state index is 6.07. The van der Waals surface area contributed by atoms with Gasteiger partial charge >= 0.3 is 0 Å². The van der Waals surface area contributed by atoms with Crippen molar-refractivity contribution in [1.82, 2.24) is 0 Å². The lowest BCUT2D eigenvalue weighted by Crippen LogP contribution is -2.08. The molecule has 0 amide bonds. The van der Waals surface area contributed by atoms with Gasteiger partial charge in [-0.05, 0) is 47.4 Å². The number of nitrogens with two attached hydrogens (primary N) is 1. The highest BCUT2D eigenvalue weighted by Gasteiger charge is 2.19. The lowest BCUT2D eigenvalue weighted by atomic mass is 9.79. The molecule has 20 heavy (non-hydrogen) atoms. The van der Waals surface area contributed by atoms with Crippen LogP contribution in [0.5, 0.6) is 0 Å². The summed E-state index contributed by atoms with van der Waals surface area (Å²) in [7, 11) is 0. The van der Waals surface area contributed by atoms with E-state index in [1.165, 1.54) is 41.5 Å². The third-order valence-electron chi connectivity index (χ3n) is 4.58. The summed E-state index contributed by atoms with van der Waals surface area (Å²) in [5.41, 5.74) is 11.4. The molecule has 0 aromatic heterocycles. The lowest BCUT2D eigenvalue weighted by Gasteiger charge is -2.26. The molecule has 0 radical (unpaired) electrons. The van der Waals surface area contributed by atoms with E-state index in [4.69, 9.17) is 5.73 Å². The van der Waals surface area contributed by atoms with Crippen molar-refractivity contribution in [2.45, 2.75) is 44.6 Å². The molecule has 0 aliphatic heterocycles. The molecule has 1 aliphatic rings. The van der Waals surface area contributed by atoms with E-state index in [1.807, 2.05) is 0 Å². The Hall–Kier alpha value is -1.60. The normalized spacial score (nSPS) is 16.7. The molecule has 2 aromatic rings. The summed E-state index contributed by atoms with van der Waals surface area (Å²) in [6.45, 7) is 2.13. The molecule has 0 saturated heterocycles. The third-order valence-corrected chi connectivity index (χ3v) is 4.58. The summed E-state index contributed by atoms with van der Waals surface area (Å²) in [6.07, 6.45) is 5.08. The molecule has 0 bridgehead atoms. The number of benzene rings is 2. The first-order valence-electron chi connectivity index (χ1n) is 7.74. The average Bonchev–Trinajstić information content (AvgIpc) is 2.45. The summed E-state index contributed by atoms with van der Waals surface area (Å²) in [5.74, 6) is 0.794. The van der Waals surface area contributed by atoms with Gasteiger partial charge in [-0.2, -0.15) is 0 Å². The molecule has 1 unspecified atom stereocenters. The number of hydrogen-bond donors (Lipinski definition) is 1. The van der Waals surface area contributed by atoms with Gasteiger partial charge in [0.2, 0.25) is 0 Å². The highest BCUT2D eigenvalue weighted by Crippen LogP contribution is 2.37. The fraction of sp³-hybridized carbons (Fsp3) is 0.368. The molecule has 104 valence electrons. The van der Waals surface area contributed by atoms with Gasteiger partial charge in [0, 0.05) is 6.04 Å². The van der Waals surface area contributed by atoms with Crippen molar-refractivity contribution >= 4 is 0 Å². The predicted octanol–water partition coefficient (Wildman–Crippen LogP) is 5.03. The fourth-order valence-corrected chi connectivity index (χ4v) is 2.87. The van der Waals surface area contributed by atoms with Crippen LogP contribution in [0.15, 0.2) is 48.5 Å². The molecule has 3 rings (SSSR count). The second-order valence-electron chi connectivity index (χ2n) is 5.89. The van der Waals surface area contributed by atoms with Crippen molar-refractivity contribution < 1.29 is 0 Å². The van der Waals surface area contributed by atoms with E-state index in [-0.39, 0.29) is 6.04 Å². The highest BCUT2D eigenvalue weighted by atomic mass is 14.6. The molecule has 1 aliphatic carbocycles. The van der Waals surface area contributed by atoms with Crippen LogP contribution in [-0.2, 0) is 0 Å². The van der Waals surface area contributed by atoms with E-state index in [0.29, 0.717) is 0 Å². The SMILES string of the molecule is CCC(N)c1ccc(-c2cccc(C3CCC3)c2)cc1. The lowest BCUT2D eigenvalue weighted by molar-refractivity contribution is 0.420. The van der Waals surface area contributed by atoms with Crippen molar-refractivity contribution in [1.29, 1.82) is 0 Å². The minimum Gasteiger partial charge on any atom is -0.324 e. The van der Waals surface area contributed by atoms with Crippen molar-refractivity contribution in [3.05, 3.63) is 59.7 Å². The standard InChI is InChI=1S/C19H23N/c1-2-19(20)16-11-9-15(10-12-16)18-8-4-7-17(13-18)14-5-3-6-14/h4,7-14,19H,2-3,5-6,20H2,1H3. The Morgan fingerprint density at radius 1 is 1.05 bits per heavy atom. The molecule has 1 nitrogen and oxygen atoms in total. The van der Waals surface area contributed by atoms with Crippen LogP contribution in [-0.4, -0.2) is 0 Å². The molecule has 2 aromatic carbocycles. The van der Waals surface area contributed by atoms with Gasteiger partial charge in [-0.1, -0.05) is 61.9 Å². The van der Waals surface area contributed by atoms with Crippen LogP contribution >= 0.6 is 0 Å². The smallest absolute Gasteiger partial charge is 0.0292 e. The second-order valence-corrected chi connectivity index (χ2v) is 5.89. The van der Waals surface area contributed by atoms with Gasteiger partial charge in [0.1, 0.15) is 0 Å². The first-order chi connectivity index (χ1) is 9.78. The molecule has 1 saturated carbocycles. The first kappa shape index (κ1) is 13.4. The van der Waals surface area contributed by atoms with Gasteiger partial charge in [-0.15, -0.1) is 0 Å². The van der Waals surface area contributed by atoms with Crippen molar-refractivity contribution in [2.75, 3.05) is 0 Å². The van der Waals surface area contributed by atoms with E-state index in [0.717, 1.165) is 12.3 Å². The van der Waals surface area contributed by atoms with E-state index in [9.17, 15) is 0 Å². The monoisotopic (exact) mass is 265 g/mol. The summed E-state index contributed by atoms with van der Waals surface area (Å²) < 4.78 is 0. The van der Waals surface area contributed by atoms with Crippen LogP contribution < -0.4 is 5.73 Å². The summed E-state index contributed by atoms with van der Waals surface area (Å²) in [4.78, 5) is 0. The maximum absolute atomic E-state index is 6.07. The molecule has 0 heterocycles. The van der Waals surface area contributed by atoms with Crippen LogP contribution in [0.4, 0.5) is 0 Å². The van der Waals surface area contributed by atoms with Crippen LogP contribution in [0.3, 0.4) is 0 Å². The van der Waals surface area contributed by atoms with Crippen molar-refractivity contribution in [3.63, 3.8) is 0 Å². The number of rotatable bonds is 4. The van der Waals surface area contributed by atoms with Gasteiger partial charge in [0.05, 0.1) is 0 Å². The second kappa shape index (κ2) is 5.80. The summed E-state index contributed by atoms with van der Waals surface area (Å²) in [5, 5.41) is 0. The van der Waals surface area contributed by atoms with E-state index >= 15 is 0 Å². The Labute approximate surface area is 121 Å². The number of hydrogen-bond acceptors (Lipinski definition) is 1. The van der Waals surface area contributed by atoms with Crippen LogP contribution in [0.1, 0.15) is 55.7 Å². The Balaban J connectivity index is 1.85. The fourth-order valence-electron chi connectivity index (χ4n) is 2.87. The van der Waals surface area contributed by atoms with E-state index < -0.39 is 0 Å². The van der Waals surface area contributed by atoms with Gasteiger partial charge < -0.3 is 5.73 Å². The van der Waals surface area contributed by atoms with Gasteiger partial charge in [-0.3, -0.25) is 0 Å². The predicted molar refractivity (Wildman–Crippen MR) is 85.7 cm³/mol. The zero-order chi connectivity index (χ0) is 13.9. The third kappa shape index (κ3) is 2.64. The minimum absolute atomic E-state index is 0.158. The summed E-state index contributed by atoms with van der Waals surface area (Å²) >= 11 is 0. The van der Waals surface area contributed by atoms with Crippen LogP contribution in [0.2, 0.25) is 0 Å². The van der Waals surface area contributed by atoms with E-state index in [2.05, 4.69) is 55.5 Å². The molecule has 1 heteroatoms. The maximum Gasteiger partial charge on any atom is 0.0292 e. The molecular weight excluding hydrogens is 242 g/mol. The molecule has 2 N–H and O–H groups in total. The average molecular weight is 265 g/mol. The summed E-state index contributed by atoms with van der Waals surface area (Å²) in [6, 6.07) is 17.9.